The molecular weight excluding hydrogens is 382 g/mol. The molecule has 0 unspecified atom stereocenters. The average molecular weight is 408 g/mol. The molecule has 0 aliphatic carbocycles. The standard InChI is InChI=1S/C22H25N5OS/c1-2-4-19-8-9-20(28-19)14-27-10-3-5-16(13-27)21-15-29-22(26-21)25-18-7-6-17(11-23)24-12-18/h6-9,12,15-16H,2-5,10,13-14H2,1H3,(H,25,26)/t16-/m1/s1. The molecule has 3 aromatic heterocycles. The molecule has 6 nitrogen and oxygen atoms in total. The zero-order valence-corrected chi connectivity index (χ0v) is 17.4. The highest BCUT2D eigenvalue weighted by molar-refractivity contribution is 7.13. The van der Waals surface area contributed by atoms with E-state index in [0.29, 0.717) is 11.6 Å². The number of pyridine rings is 1. The normalized spacial score (nSPS) is 17.2. The van der Waals surface area contributed by atoms with Crippen LogP contribution in [-0.2, 0) is 13.0 Å². The summed E-state index contributed by atoms with van der Waals surface area (Å²) in [6.07, 6.45) is 6.12. The number of hydrogen-bond acceptors (Lipinski definition) is 7. The molecule has 29 heavy (non-hydrogen) atoms. The van der Waals surface area contributed by atoms with Crippen molar-refractivity contribution in [2.24, 2.45) is 0 Å². The van der Waals surface area contributed by atoms with E-state index < -0.39 is 0 Å². The summed E-state index contributed by atoms with van der Waals surface area (Å²) in [5.41, 5.74) is 2.40. The van der Waals surface area contributed by atoms with Crippen LogP contribution in [-0.4, -0.2) is 28.0 Å². The van der Waals surface area contributed by atoms with Gasteiger partial charge in [-0.05, 0) is 50.1 Å². The third-order valence-electron chi connectivity index (χ3n) is 5.17. The molecule has 150 valence electrons. The minimum absolute atomic E-state index is 0.413. The number of anilines is 2. The molecule has 1 fully saturated rings. The van der Waals surface area contributed by atoms with Gasteiger partial charge in [-0.25, -0.2) is 9.97 Å². The number of thiazole rings is 1. The highest BCUT2D eigenvalue weighted by Crippen LogP contribution is 2.31. The van der Waals surface area contributed by atoms with Crippen molar-refractivity contribution in [1.82, 2.24) is 14.9 Å². The van der Waals surface area contributed by atoms with Gasteiger partial charge in [0.2, 0.25) is 0 Å². The lowest BCUT2D eigenvalue weighted by Gasteiger charge is -2.31. The van der Waals surface area contributed by atoms with Gasteiger partial charge in [-0.2, -0.15) is 5.26 Å². The summed E-state index contributed by atoms with van der Waals surface area (Å²) in [4.78, 5) is 11.4. The summed E-state index contributed by atoms with van der Waals surface area (Å²) in [6.45, 7) is 5.15. The van der Waals surface area contributed by atoms with Crippen LogP contribution in [0.3, 0.4) is 0 Å². The molecule has 0 amide bonds. The maximum absolute atomic E-state index is 8.85. The summed E-state index contributed by atoms with van der Waals surface area (Å²) >= 11 is 1.61. The van der Waals surface area contributed by atoms with E-state index >= 15 is 0 Å². The minimum Gasteiger partial charge on any atom is -0.465 e. The maximum Gasteiger partial charge on any atom is 0.187 e. The summed E-state index contributed by atoms with van der Waals surface area (Å²) in [5.74, 6) is 2.59. The fourth-order valence-electron chi connectivity index (χ4n) is 3.74. The second kappa shape index (κ2) is 9.21. The Labute approximate surface area is 175 Å². The molecule has 1 atom stereocenters. The number of rotatable bonds is 7. The summed E-state index contributed by atoms with van der Waals surface area (Å²) < 4.78 is 5.96. The first-order valence-electron chi connectivity index (χ1n) is 10.1. The Morgan fingerprint density at radius 2 is 2.21 bits per heavy atom. The van der Waals surface area contributed by atoms with Gasteiger partial charge in [-0.15, -0.1) is 11.3 Å². The first kappa shape index (κ1) is 19.6. The van der Waals surface area contributed by atoms with Crippen LogP contribution in [0.1, 0.15) is 55.0 Å². The molecule has 1 N–H and O–H groups in total. The summed E-state index contributed by atoms with van der Waals surface area (Å²) in [7, 11) is 0. The number of nitrogens with zero attached hydrogens (tertiary/aromatic N) is 4. The number of piperidine rings is 1. The third-order valence-corrected chi connectivity index (χ3v) is 5.94. The Morgan fingerprint density at radius 1 is 1.31 bits per heavy atom. The lowest BCUT2D eigenvalue weighted by atomic mass is 9.95. The Balaban J connectivity index is 1.36. The molecule has 4 heterocycles. The molecule has 0 spiro atoms. The van der Waals surface area contributed by atoms with Crippen molar-refractivity contribution in [3.63, 3.8) is 0 Å². The van der Waals surface area contributed by atoms with Crippen LogP contribution < -0.4 is 5.32 Å². The smallest absolute Gasteiger partial charge is 0.187 e. The Hall–Kier alpha value is -2.69. The quantitative estimate of drug-likeness (QED) is 0.588. The monoisotopic (exact) mass is 407 g/mol. The van der Waals surface area contributed by atoms with Crippen LogP contribution in [0.25, 0.3) is 0 Å². The second-order valence-electron chi connectivity index (χ2n) is 7.44. The van der Waals surface area contributed by atoms with Crippen LogP contribution in [0.2, 0.25) is 0 Å². The topological polar surface area (TPSA) is 78.0 Å². The van der Waals surface area contributed by atoms with E-state index in [1.807, 2.05) is 12.1 Å². The van der Waals surface area contributed by atoms with Crippen molar-refractivity contribution in [2.75, 3.05) is 18.4 Å². The predicted molar refractivity (Wildman–Crippen MR) is 114 cm³/mol. The lowest BCUT2D eigenvalue weighted by molar-refractivity contribution is 0.184. The lowest BCUT2D eigenvalue weighted by Crippen LogP contribution is -2.33. The SMILES string of the molecule is CCCc1ccc(CN2CCC[C@@H](c3csc(Nc4ccc(C#N)nc4)n3)C2)o1. The van der Waals surface area contributed by atoms with Crippen LogP contribution in [0, 0.1) is 11.3 Å². The van der Waals surface area contributed by atoms with Gasteiger partial charge in [0.1, 0.15) is 23.3 Å². The molecule has 0 saturated carbocycles. The number of aryl methyl sites for hydroxylation is 1. The summed E-state index contributed by atoms with van der Waals surface area (Å²) in [5, 5.41) is 15.2. The Morgan fingerprint density at radius 3 is 3.00 bits per heavy atom. The van der Waals surface area contributed by atoms with Gasteiger partial charge in [0.05, 0.1) is 24.1 Å². The zero-order valence-electron chi connectivity index (χ0n) is 16.6. The van der Waals surface area contributed by atoms with Gasteiger partial charge in [-0.1, -0.05) is 6.92 Å². The van der Waals surface area contributed by atoms with Crippen molar-refractivity contribution in [2.45, 2.75) is 45.1 Å². The third kappa shape index (κ3) is 5.03. The van der Waals surface area contributed by atoms with Crippen molar-refractivity contribution < 1.29 is 4.42 Å². The van der Waals surface area contributed by atoms with Crippen molar-refractivity contribution >= 4 is 22.2 Å². The van der Waals surface area contributed by atoms with Crippen LogP contribution >= 0.6 is 11.3 Å². The van der Waals surface area contributed by atoms with E-state index in [1.165, 1.54) is 6.42 Å². The first-order chi connectivity index (χ1) is 14.2. The van der Waals surface area contributed by atoms with E-state index in [1.54, 1.807) is 23.6 Å². The molecule has 1 saturated heterocycles. The molecule has 0 bridgehead atoms. The minimum atomic E-state index is 0.413. The van der Waals surface area contributed by atoms with Crippen molar-refractivity contribution in [3.8, 4) is 6.07 Å². The van der Waals surface area contributed by atoms with Gasteiger partial charge in [0, 0.05) is 24.3 Å². The number of hydrogen-bond donors (Lipinski definition) is 1. The van der Waals surface area contributed by atoms with Crippen molar-refractivity contribution in [1.29, 1.82) is 5.26 Å². The van der Waals surface area contributed by atoms with E-state index in [4.69, 9.17) is 14.7 Å². The van der Waals surface area contributed by atoms with Crippen molar-refractivity contribution in [3.05, 3.63) is 58.8 Å². The van der Waals surface area contributed by atoms with Gasteiger partial charge >= 0.3 is 0 Å². The molecule has 0 radical (unpaired) electrons. The number of furan rings is 1. The number of likely N-dealkylation sites (tertiary alicyclic amines) is 1. The number of aromatic nitrogens is 2. The molecule has 3 aromatic rings. The first-order valence-corrected chi connectivity index (χ1v) is 11.0. The molecule has 1 aliphatic heterocycles. The van der Waals surface area contributed by atoms with Crippen LogP contribution in [0.15, 0.2) is 40.3 Å². The molecule has 0 aromatic carbocycles. The zero-order chi connectivity index (χ0) is 20.1. The van der Waals surface area contributed by atoms with E-state index in [0.717, 1.165) is 66.9 Å². The summed E-state index contributed by atoms with van der Waals surface area (Å²) in [6, 6.07) is 9.81. The largest absolute Gasteiger partial charge is 0.465 e. The molecule has 7 heteroatoms. The fourth-order valence-corrected chi connectivity index (χ4v) is 4.55. The van der Waals surface area contributed by atoms with Crippen LogP contribution in [0.5, 0.6) is 0 Å². The van der Waals surface area contributed by atoms with Gasteiger partial charge in [0.25, 0.3) is 0 Å². The molecule has 4 rings (SSSR count). The van der Waals surface area contributed by atoms with Gasteiger partial charge < -0.3 is 9.73 Å². The van der Waals surface area contributed by atoms with E-state index in [-0.39, 0.29) is 0 Å². The van der Waals surface area contributed by atoms with E-state index in [9.17, 15) is 0 Å². The highest BCUT2D eigenvalue weighted by Gasteiger charge is 2.24. The van der Waals surface area contributed by atoms with E-state index in [2.05, 4.69) is 39.6 Å². The highest BCUT2D eigenvalue weighted by atomic mass is 32.1. The maximum atomic E-state index is 8.85. The second-order valence-corrected chi connectivity index (χ2v) is 8.30. The average Bonchev–Trinajstić information content (AvgIpc) is 3.39. The Kier molecular flexibility index (Phi) is 6.23. The number of nitriles is 1. The Bertz CT molecular complexity index is 972. The predicted octanol–water partition coefficient (Wildman–Crippen LogP) is 5.08. The van der Waals surface area contributed by atoms with Crippen LogP contribution in [0.4, 0.5) is 10.8 Å². The molecule has 1 aliphatic rings. The van der Waals surface area contributed by atoms with Gasteiger partial charge in [-0.3, -0.25) is 4.90 Å². The fraction of sp³-hybridized carbons (Fsp3) is 0.409. The van der Waals surface area contributed by atoms with Gasteiger partial charge in [0.15, 0.2) is 5.13 Å². The molecular formula is C22H25N5OS. The number of nitrogens with one attached hydrogen (secondary N) is 1.